The van der Waals surface area contributed by atoms with Crippen LogP contribution in [0.15, 0.2) is 30.3 Å². The molecule has 3 aromatic rings. The number of hydrogen-bond acceptors (Lipinski definition) is 5. The molecule has 0 bridgehead atoms. The quantitative estimate of drug-likeness (QED) is 0.550. The monoisotopic (exact) mass is 371 g/mol. The van der Waals surface area contributed by atoms with Crippen molar-refractivity contribution >= 4 is 39.8 Å². The molecule has 0 unspecified atom stereocenters. The minimum Gasteiger partial charge on any atom is -0.426 e. The van der Waals surface area contributed by atoms with Gasteiger partial charge in [-0.2, -0.15) is 5.10 Å². The standard InChI is InChI=1S/C15H12ClF2N3O2S/c16-12-4-3-11(24-12)15-9-5-8(23-14(22)6-19)1-2-10(9)21(20-15)7-13(17)18/h1-5,13H,6-7,19H2. The summed E-state index contributed by atoms with van der Waals surface area (Å²) in [6.07, 6.45) is -2.54. The molecule has 0 aliphatic heterocycles. The summed E-state index contributed by atoms with van der Waals surface area (Å²) in [6.45, 7) is -0.784. The van der Waals surface area contributed by atoms with E-state index in [1.54, 1.807) is 24.3 Å². The van der Waals surface area contributed by atoms with Crippen molar-refractivity contribution < 1.29 is 18.3 Å². The summed E-state index contributed by atoms with van der Waals surface area (Å²) in [6, 6.07) is 8.16. The molecule has 0 aliphatic rings. The molecule has 0 spiro atoms. The van der Waals surface area contributed by atoms with Crippen LogP contribution in [-0.2, 0) is 11.3 Å². The van der Waals surface area contributed by atoms with Crippen LogP contribution in [0.1, 0.15) is 0 Å². The number of alkyl halides is 2. The number of nitrogens with zero attached hydrogens (tertiary/aromatic N) is 2. The van der Waals surface area contributed by atoms with Crippen LogP contribution in [0.25, 0.3) is 21.5 Å². The Bertz CT molecular complexity index is 894. The van der Waals surface area contributed by atoms with Crippen LogP contribution in [0.5, 0.6) is 5.75 Å². The molecular formula is C15H12ClF2N3O2S. The van der Waals surface area contributed by atoms with E-state index in [1.165, 1.54) is 22.1 Å². The highest BCUT2D eigenvalue weighted by Gasteiger charge is 2.17. The number of esters is 1. The lowest BCUT2D eigenvalue weighted by Gasteiger charge is -2.04. The average Bonchev–Trinajstić information content (AvgIpc) is 3.10. The Morgan fingerprint density at radius 3 is 2.79 bits per heavy atom. The van der Waals surface area contributed by atoms with Crippen LogP contribution < -0.4 is 10.5 Å². The Balaban J connectivity index is 2.13. The topological polar surface area (TPSA) is 70.1 Å². The molecule has 0 saturated heterocycles. The summed E-state index contributed by atoms with van der Waals surface area (Å²) in [7, 11) is 0. The van der Waals surface area contributed by atoms with Gasteiger partial charge in [0.25, 0.3) is 6.43 Å². The fourth-order valence-corrected chi connectivity index (χ4v) is 3.33. The van der Waals surface area contributed by atoms with Crippen LogP contribution >= 0.6 is 22.9 Å². The third-order valence-corrected chi connectivity index (χ3v) is 4.48. The van der Waals surface area contributed by atoms with Crippen molar-refractivity contribution in [2.45, 2.75) is 13.0 Å². The number of carbonyl (C=O) groups excluding carboxylic acids is 1. The summed E-state index contributed by atoms with van der Waals surface area (Å²) in [5.74, 6) is -0.312. The molecule has 0 amide bonds. The van der Waals surface area contributed by atoms with E-state index in [4.69, 9.17) is 22.1 Å². The molecule has 3 rings (SSSR count). The number of benzene rings is 1. The van der Waals surface area contributed by atoms with Gasteiger partial charge in [0, 0.05) is 5.39 Å². The van der Waals surface area contributed by atoms with Gasteiger partial charge in [0.15, 0.2) is 0 Å². The van der Waals surface area contributed by atoms with Crippen molar-refractivity contribution in [2.24, 2.45) is 5.73 Å². The van der Waals surface area contributed by atoms with E-state index < -0.39 is 18.9 Å². The first kappa shape index (κ1) is 16.8. The van der Waals surface area contributed by atoms with Crippen molar-refractivity contribution in [3.8, 4) is 16.3 Å². The molecule has 24 heavy (non-hydrogen) atoms. The number of nitrogens with two attached hydrogens (primary N) is 1. The molecule has 9 heteroatoms. The number of halogens is 3. The molecular weight excluding hydrogens is 360 g/mol. The van der Waals surface area contributed by atoms with Gasteiger partial charge in [0.1, 0.15) is 18.0 Å². The maximum atomic E-state index is 12.8. The minimum absolute atomic E-state index is 0.254. The summed E-state index contributed by atoms with van der Waals surface area (Å²) in [5.41, 5.74) is 6.25. The SMILES string of the molecule is NCC(=O)Oc1ccc2c(c1)c(-c1ccc(Cl)s1)nn2CC(F)F. The number of rotatable bonds is 5. The Morgan fingerprint density at radius 2 is 2.17 bits per heavy atom. The van der Waals surface area contributed by atoms with Crippen molar-refractivity contribution in [3.05, 3.63) is 34.7 Å². The number of aromatic nitrogens is 2. The molecule has 1 aromatic carbocycles. The molecule has 0 atom stereocenters. The summed E-state index contributed by atoms with van der Waals surface area (Å²) in [5, 5.41) is 4.87. The van der Waals surface area contributed by atoms with Gasteiger partial charge in [-0.1, -0.05) is 11.6 Å². The number of hydrogen-bond donors (Lipinski definition) is 1. The van der Waals surface area contributed by atoms with Gasteiger partial charge in [-0.05, 0) is 30.3 Å². The molecule has 2 N–H and O–H groups in total. The molecule has 2 heterocycles. The third-order valence-electron chi connectivity index (χ3n) is 3.24. The second kappa shape index (κ2) is 6.84. The highest BCUT2D eigenvalue weighted by atomic mass is 35.5. The average molecular weight is 372 g/mol. The Morgan fingerprint density at radius 1 is 1.38 bits per heavy atom. The lowest BCUT2D eigenvalue weighted by atomic mass is 10.2. The number of fused-ring (bicyclic) bond motifs is 1. The first-order valence-electron chi connectivity index (χ1n) is 6.93. The normalized spacial score (nSPS) is 11.4. The Kier molecular flexibility index (Phi) is 4.79. The van der Waals surface area contributed by atoms with Gasteiger partial charge < -0.3 is 10.5 Å². The lowest BCUT2D eigenvalue weighted by molar-refractivity contribution is -0.132. The van der Waals surface area contributed by atoms with Crippen LogP contribution in [0, 0.1) is 0 Å². The summed E-state index contributed by atoms with van der Waals surface area (Å²) >= 11 is 7.24. The Hall–Kier alpha value is -2.03. The van der Waals surface area contributed by atoms with E-state index in [2.05, 4.69) is 5.10 Å². The highest BCUT2D eigenvalue weighted by Crippen LogP contribution is 2.36. The first-order chi connectivity index (χ1) is 11.5. The summed E-state index contributed by atoms with van der Waals surface area (Å²) in [4.78, 5) is 12.1. The van der Waals surface area contributed by atoms with Gasteiger partial charge in [-0.15, -0.1) is 11.3 Å². The molecule has 0 aliphatic carbocycles. The zero-order valence-electron chi connectivity index (χ0n) is 12.2. The largest absolute Gasteiger partial charge is 0.426 e. The predicted molar refractivity (Wildman–Crippen MR) is 88.7 cm³/mol. The fourth-order valence-electron chi connectivity index (χ4n) is 2.29. The van der Waals surface area contributed by atoms with Crippen LogP contribution in [-0.4, -0.2) is 28.7 Å². The van der Waals surface area contributed by atoms with Crippen LogP contribution in [0.4, 0.5) is 8.78 Å². The maximum Gasteiger partial charge on any atom is 0.325 e. The number of carbonyl (C=O) groups is 1. The van der Waals surface area contributed by atoms with E-state index in [0.29, 0.717) is 20.9 Å². The first-order valence-corrected chi connectivity index (χ1v) is 8.12. The van der Waals surface area contributed by atoms with Crippen molar-refractivity contribution in [1.29, 1.82) is 0 Å². The van der Waals surface area contributed by atoms with Crippen molar-refractivity contribution in [1.82, 2.24) is 9.78 Å². The van der Waals surface area contributed by atoms with E-state index in [9.17, 15) is 13.6 Å². The molecule has 126 valence electrons. The summed E-state index contributed by atoms with van der Waals surface area (Å²) < 4.78 is 32.5. The second-order valence-corrected chi connectivity index (χ2v) is 6.60. The smallest absolute Gasteiger partial charge is 0.325 e. The van der Waals surface area contributed by atoms with Gasteiger partial charge >= 0.3 is 5.97 Å². The fraction of sp³-hybridized carbons (Fsp3) is 0.200. The van der Waals surface area contributed by atoms with E-state index in [-0.39, 0.29) is 12.3 Å². The van der Waals surface area contributed by atoms with Crippen molar-refractivity contribution in [3.63, 3.8) is 0 Å². The van der Waals surface area contributed by atoms with E-state index in [0.717, 1.165) is 4.88 Å². The Labute approximate surface area is 144 Å². The van der Waals surface area contributed by atoms with E-state index in [1.807, 2.05) is 0 Å². The minimum atomic E-state index is -2.54. The molecule has 0 radical (unpaired) electrons. The van der Waals surface area contributed by atoms with Gasteiger partial charge in [0.05, 0.1) is 21.3 Å². The molecule has 2 aromatic heterocycles. The van der Waals surface area contributed by atoms with Gasteiger partial charge in [-0.25, -0.2) is 8.78 Å². The molecule has 5 nitrogen and oxygen atoms in total. The molecule has 0 saturated carbocycles. The zero-order chi connectivity index (χ0) is 17.3. The third kappa shape index (κ3) is 3.40. The predicted octanol–water partition coefficient (Wildman–Crippen LogP) is 3.55. The van der Waals surface area contributed by atoms with Gasteiger partial charge in [-0.3, -0.25) is 9.48 Å². The zero-order valence-corrected chi connectivity index (χ0v) is 13.8. The second-order valence-electron chi connectivity index (χ2n) is 4.88. The highest BCUT2D eigenvalue weighted by molar-refractivity contribution is 7.19. The van der Waals surface area contributed by atoms with Crippen molar-refractivity contribution in [2.75, 3.05) is 6.54 Å². The van der Waals surface area contributed by atoms with Gasteiger partial charge in [0.2, 0.25) is 0 Å². The van der Waals surface area contributed by atoms with Crippen LogP contribution in [0.3, 0.4) is 0 Å². The van der Waals surface area contributed by atoms with Crippen LogP contribution in [0.2, 0.25) is 4.34 Å². The molecule has 0 fully saturated rings. The maximum absolute atomic E-state index is 12.8. The number of ether oxygens (including phenoxy) is 1. The number of thiophene rings is 1. The van der Waals surface area contributed by atoms with E-state index >= 15 is 0 Å². The lowest BCUT2D eigenvalue weighted by Crippen LogP contribution is -2.19.